The second-order valence-electron chi connectivity index (χ2n) is 3.16. The highest BCUT2D eigenvalue weighted by molar-refractivity contribution is 6.02. The van der Waals surface area contributed by atoms with Gasteiger partial charge >= 0.3 is 0 Å². The molecule has 0 heterocycles. The second-order valence-corrected chi connectivity index (χ2v) is 3.16. The van der Waals surface area contributed by atoms with E-state index in [4.69, 9.17) is 5.73 Å². The average Bonchev–Trinajstić information content (AvgIpc) is 2.47. The van der Waals surface area contributed by atoms with Crippen LogP contribution >= 0.6 is 0 Å². The van der Waals surface area contributed by atoms with Gasteiger partial charge < -0.3 is 5.73 Å². The highest BCUT2D eigenvalue weighted by atomic mass is 16.1. The predicted molar refractivity (Wildman–Crippen MR) is 47.6 cm³/mol. The number of rotatable bonds is 1. The standard InChI is InChI=1S/C10H9NO2/c11-10(13)7-1-3-8-6(5-7)2-4-9(8)12/h1,3,5H,2,4H2,(H2,11,13). The molecule has 3 heteroatoms. The molecule has 1 amide bonds. The minimum absolute atomic E-state index is 0.158. The van der Waals surface area contributed by atoms with Gasteiger partial charge in [-0.3, -0.25) is 9.59 Å². The molecular weight excluding hydrogens is 166 g/mol. The van der Waals surface area contributed by atoms with Crippen LogP contribution in [0.2, 0.25) is 0 Å². The van der Waals surface area contributed by atoms with Gasteiger partial charge in [0.05, 0.1) is 0 Å². The van der Waals surface area contributed by atoms with Gasteiger partial charge in [-0.15, -0.1) is 0 Å². The number of benzene rings is 1. The van der Waals surface area contributed by atoms with Crippen LogP contribution in [0.15, 0.2) is 18.2 Å². The summed E-state index contributed by atoms with van der Waals surface area (Å²) in [5.41, 5.74) is 7.29. The molecule has 1 aliphatic rings. The van der Waals surface area contributed by atoms with Crippen LogP contribution in [0.3, 0.4) is 0 Å². The molecule has 0 saturated heterocycles. The van der Waals surface area contributed by atoms with E-state index in [2.05, 4.69) is 0 Å². The molecule has 0 fully saturated rings. The molecule has 0 aliphatic heterocycles. The quantitative estimate of drug-likeness (QED) is 0.689. The SMILES string of the molecule is NC(=O)c1ccc2c(c1)CCC2=O. The van der Waals surface area contributed by atoms with Crippen LogP contribution in [0.4, 0.5) is 0 Å². The minimum Gasteiger partial charge on any atom is -0.366 e. The van der Waals surface area contributed by atoms with Crippen LogP contribution in [0.25, 0.3) is 0 Å². The number of aryl methyl sites for hydroxylation is 1. The summed E-state index contributed by atoms with van der Waals surface area (Å²) in [7, 11) is 0. The Hall–Kier alpha value is -1.64. The number of fused-ring (bicyclic) bond motifs is 1. The van der Waals surface area contributed by atoms with Crippen LogP contribution < -0.4 is 5.73 Å². The molecule has 0 radical (unpaired) electrons. The number of carbonyl (C=O) groups is 2. The van der Waals surface area contributed by atoms with Gasteiger partial charge in [-0.2, -0.15) is 0 Å². The Labute approximate surface area is 75.5 Å². The Morgan fingerprint density at radius 1 is 1.31 bits per heavy atom. The number of nitrogens with two attached hydrogens (primary N) is 1. The van der Waals surface area contributed by atoms with E-state index in [9.17, 15) is 9.59 Å². The van der Waals surface area contributed by atoms with Crippen molar-refractivity contribution in [2.24, 2.45) is 5.73 Å². The largest absolute Gasteiger partial charge is 0.366 e. The van der Waals surface area contributed by atoms with Gasteiger partial charge in [-0.05, 0) is 24.1 Å². The van der Waals surface area contributed by atoms with Crippen molar-refractivity contribution in [1.82, 2.24) is 0 Å². The predicted octanol–water partition coefficient (Wildman–Crippen LogP) is 0.914. The molecule has 0 bridgehead atoms. The monoisotopic (exact) mass is 175 g/mol. The number of carbonyl (C=O) groups excluding carboxylic acids is 2. The highest BCUT2D eigenvalue weighted by Crippen LogP contribution is 2.22. The number of hydrogen-bond acceptors (Lipinski definition) is 2. The third-order valence-corrected chi connectivity index (χ3v) is 2.31. The van der Waals surface area contributed by atoms with Gasteiger partial charge in [-0.25, -0.2) is 0 Å². The summed E-state index contributed by atoms with van der Waals surface area (Å²) in [5.74, 6) is -0.284. The normalized spacial score (nSPS) is 14.3. The number of ketones is 1. The molecule has 1 aromatic rings. The van der Waals surface area contributed by atoms with Crippen LogP contribution in [0.1, 0.15) is 32.7 Å². The maximum absolute atomic E-state index is 11.2. The van der Waals surface area contributed by atoms with Crippen LogP contribution in [0.5, 0.6) is 0 Å². The number of amides is 1. The smallest absolute Gasteiger partial charge is 0.248 e. The molecule has 2 N–H and O–H groups in total. The molecule has 0 unspecified atom stereocenters. The fourth-order valence-electron chi connectivity index (χ4n) is 1.61. The van der Waals surface area contributed by atoms with E-state index in [1.165, 1.54) is 0 Å². The minimum atomic E-state index is -0.442. The summed E-state index contributed by atoms with van der Waals surface area (Å²) >= 11 is 0. The van der Waals surface area contributed by atoms with E-state index in [0.717, 1.165) is 17.5 Å². The molecule has 1 aromatic carbocycles. The first-order chi connectivity index (χ1) is 6.18. The maximum Gasteiger partial charge on any atom is 0.248 e. The van der Waals surface area contributed by atoms with E-state index in [-0.39, 0.29) is 5.78 Å². The second kappa shape index (κ2) is 2.69. The Bertz CT molecular complexity index is 396. The maximum atomic E-state index is 11.2. The number of primary amides is 1. The lowest BCUT2D eigenvalue weighted by Gasteiger charge is -1.99. The van der Waals surface area contributed by atoms with Crippen LogP contribution in [-0.4, -0.2) is 11.7 Å². The zero-order chi connectivity index (χ0) is 9.42. The third-order valence-electron chi connectivity index (χ3n) is 2.31. The van der Waals surface area contributed by atoms with E-state index < -0.39 is 5.91 Å². The molecule has 0 spiro atoms. The van der Waals surface area contributed by atoms with E-state index in [1.807, 2.05) is 0 Å². The lowest BCUT2D eigenvalue weighted by molar-refractivity contribution is 0.0986. The van der Waals surface area contributed by atoms with Crippen molar-refractivity contribution >= 4 is 11.7 Å². The van der Waals surface area contributed by atoms with E-state index in [1.54, 1.807) is 18.2 Å². The summed E-state index contributed by atoms with van der Waals surface area (Å²) < 4.78 is 0. The Morgan fingerprint density at radius 3 is 2.77 bits per heavy atom. The molecular formula is C10H9NO2. The zero-order valence-electron chi connectivity index (χ0n) is 7.04. The van der Waals surface area contributed by atoms with Gasteiger partial charge in [0, 0.05) is 17.5 Å². The molecule has 0 saturated carbocycles. The number of hydrogen-bond donors (Lipinski definition) is 1. The van der Waals surface area contributed by atoms with Crippen molar-refractivity contribution < 1.29 is 9.59 Å². The first-order valence-electron chi connectivity index (χ1n) is 4.14. The molecule has 2 rings (SSSR count). The number of Topliss-reactive ketones (excluding diaryl/α,β-unsaturated/α-hetero) is 1. The van der Waals surface area contributed by atoms with Gasteiger partial charge in [0.15, 0.2) is 5.78 Å². The summed E-state index contributed by atoms with van der Waals surface area (Å²) in [6.07, 6.45) is 1.28. The van der Waals surface area contributed by atoms with Crippen LogP contribution in [0, 0.1) is 0 Å². The van der Waals surface area contributed by atoms with E-state index >= 15 is 0 Å². The summed E-state index contributed by atoms with van der Waals surface area (Å²) in [4.78, 5) is 22.1. The Balaban J connectivity index is 2.51. The Morgan fingerprint density at radius 2 is 2.08 bits per heavy atom. The van der Waals surface area contributed by atoms with Crippen molar-refractivity contribution in [3.8, 4) is 0 Å². The zero-order valence-corrected chi connectivity index (χ0v) is 7.04. The third kappa shape index (κ3) is 1.22. The van der Waals surface area contributed by atoms with Crippen molar-refractivity contribution in [3.63, 3.8) is 0 Å². The first-order valence-corrected chi connectivity index (χ1v) is 4.14. The van der Waals surface area contributed by atoms with Gasteiger partial charge in [0.25, 0.3) is 0 Å². The van der Waals surface area contributed by atoms with Crippen LogP contribution in [-0.2, 0) is 6.42 Å². The van der Waals surface area contributed by atoms with Crippen molar-refractivity contribution in [1.29, 1.82) is 0 Å². The molecule has 13 heavy (non-hydrogen) atoms. The van der Waals surface area contributed by atoms with Crippen molar-refractivity contribution in [3.05, 3.63) is 34.9 Å². The lowest BCUT2D eigenvalue weighted by atomic mass is 10.1. The molecule has 1 aliphatic carbocycles. The molecule has 0 aromatic heterocycles. The Kier molecular flexibility index (Phi) is 1.65. The topological polar surface area (TPSA) is 60.2 Å². The molecule has 0 atom stereocenters. The van der Waals surface area contributed by atoms with Gasteiger partial charge in [0.2, 0.25) is 5.91 Å². The van der Waals surface area contributed by atoms with Gasteiger partial charge in [0.1, 0.15) is 0 Å². The van der Waals surface area contributed by atoms with Gasteiger partial charge in [-0.1, -0.05) is 6.07 Å². The fourth-order valence-corrected chi connectivity index (χ4v) is 1.61. The van der Waals surface area contributed by atoms with Crippen molar-refractivity contribution in [2.45, 2.75) is 12.8 Å². The summed E-state index contributed by atoms with van der Waals surface area (Å²) in [5, 5.41) is 0. The molecule has 66 valence electrons. The summed E-state index contributed by atoms with van der Waals surface area (Å²) in [6.45, 7) is 0. The summed E-state index contributed by atoms with van der Waals surface area (Å²) in [6, 6.07) is 5.00. The first kappa shape index (κ1) is 7.98. The fraction of sp³-hybridized carbons (Fsp3) is 0.200. The lowest BCUT2D eigenvalue weighted by Crippen LogP contribution is -2.11. The van der Waals surface area contributed by atoms with E-state index in [0.29, 0.717) is 12.0 Å². The highest BCUT2D eigenvalue weighted by Gasteiger charge is 2.19. The molecule has 3 nitrogen and oxygen atoms in total. The van der Waals surface area contributed by atoms with Crippen molar-refractivity contribution in [2.75, 3.05) is 0 Å². The average molecular weight is 175 g/mol.